The first kappa shape index (κ1) is 15.3. The number of carbonyl (C=O) groups excluding carboxylic acids is 1. The van der Waals surface area contributed by atoms with E-state index in [2.05, 4.69) is 31.2 Å². The second-order valence-corrected chi connectivity index (χ2v) is 5.88. The minimum absolute atomic E-state index is 0.649. The number of ether oxygens (including phenoxy) is 1. The van der Waals surface area contributed by atoms with Gasteiger partial charge in [-0.3, -0.25) is 4.79 Å². The van der Waals surface area contributed by atoms with Crippen LogP contribution in [0.5, 0.6) is 5.75 Å². The Morgan fingerprint density at radius 1 is 1.09 bits per heavy atom. The van der Waals surface area contributed by atoms with Crippen molar-refractivity contribution in [2.75, 3.05) is 6.61 Å². The topological polar surface area (TPSA) is 30.7 Å². The molecule has 0 N–H and O–H groups in total. The van der Waals surface area contributed by atoms with Crippen LogP contribution < -0.4 is 4.74 Å². The van der Waals surface area contributed by atoms with E-state index in [1.165, 1.54) is 0 Å². The van der Waals surface area contributed by atoms with Crippen molar-refractivity contribution < 1.29 is 9.53 Å². The van der Waals surface area contributed by atoms with Crippen LogP contribution in [0.1, 0.15) is 34.1 Å². The van der Waals surface area contributed by atoms with Crippen LogP contribution in [0, 0.1) is 20.8 Å². The van der Waals surface area contributed by atoms with E-state index < -0.39 is 0 Å². The lowest BCUT2D eigenvalue weighted by atomic mass is 9.99. The zero-order valence-electron chi connectivity index (χ0n) is 14.0. The van der Waals surface area contributed by atoms with Crippen molar-refractivity contribution in [3.8, 4) is 16.9 Å². The Labute approximate surface area is 136 Å². The highest BCUT2D eigenvalue weighted by atomic mass is 16.5. The number of nitrogens with zero attached hydrogens (tertiary/aromatic N) is 1. The number of carbonyl (C=O) groups is 1. The minimum Gasteiger partial charge on any atom is -0.493 e. The number of aryl methyl sites for hydroxylation is 3. The predicted octanol–water partition coefficient (Wildman–Crippen LogP) is 4.74. The van der Waals surface area contributed by atoms with Gasteiger partial charge >= 0.3 is 0 Å². The van der Waals surface area contributed by atoms with Gasteiger partial charge in [0.15, 0.2) is 6.29 Å². The summed E-state index contributed by atoms with van der Waals surface area (Å²) in [6.45, 7) is 8.78. The Kier molecular flexibility index (Phi) is 3.95. The van der Waals surface area contributed by atoms with E-state index in [4.69, 9.17) is 4.74 Å². The van der Waals surface area contributed by atoms with Gasteiger partial charge in [-0.1, -0.05) is 6.07 Å². The lowest BCUT2D eigenvalue weighted by Gasteiger charge is -2.12. The van der Waals surface area contributed by atoms with Crippen LogP contribution in [-0.2, 0) is 0 Å². The van der Waals surface area contributed by atoms with Gasteiger partial charge in [0, 0.05) is 17.3 Å². The van der Waals surface area contributed by atoms with Crippen molar-refractivity contribution in [3.05, 3.63) is 58.9 Å². The summed E-state index contributed by atoms with van der Waals surface area (Å²) in [5.41, 5.74) is 7.09. The molecule has 0 bridgehead atoms. The minimum atomic E-state index is 0.649. The van der Waals surface area contributed by atoms with E-state index in [-0.39, 0.29) is 0 Å². The smallest absolute Gasteiger partial charge is 0.167 e. The van der Waals surface area contributed by atoms with E-state index in [9.17, 15) is 4.79 Å². The molecule has 1 aromatic carbocycles. The molecule has 118 valence electrons. The summed E-state index contributed by atoms with van der Waals surface area (Å²) in [6.07, 6.45) is 2.87. The number of rotatable bonds is 4. The van der Waals surface area contributed by atoms with Crippen LogP contribution in [0.15, 0.2) is 36.5 Å². The first-order chi connectivity index (χ1) is 11.1. The first-order valence-corrected chi connectivity index (χ1v) is 7.87. The quantitative estimate of drug-likeness (QED) is 0.652. The Morgan fingerprint density at radius 3 is 2.39 bits per heavy atom. The van der Waals surface area contributed by atoms with Crippen LogP contribution in [0.25, 0.3) is 16.6 Å². The molecule has 0 spiro atoms. The summed E-state index contributed by atoms with van der Waals surface area (Å²) >= 11 is 0. The maximum atomic E-state index is 11.7. The maximum Gasteiger partial charge on any atom is 0.167 e. The van der Waals surface area contributed by atoms with Crippen molar-refractivity contribution in [1.29, 1.82) is 0 Å². The van der Waals surface area contributed by atoms with Crippen molar-refractivity contribution in [2.45, 2.75) is 27.7 Å². The van der Waals surface area contributed by atoms with Crippen molar-refractivity contribution in [1.82, 2.24) is 4.40 Å². The predicted molar refractivity (Wildman–Crippen MR) is 93.6 cm³/mol. The molecule has 0 amide bonds. The van der Waals surface area contributed by atoms with Gasteiger partial charge < -0.3 is 9.14 Å². The van der Waals surface area contributed by atoms with E-state index in [0.717, 1.165) is 45.4 Å². The molecule has 0 radical (unpaired) electrons. The van der Waals surface area contributed by atoms with Crippen LogP contribution in [-0.4, -0.2) is 17.3 Å². The van der Waals surface area contributed by atoms with E-state index >= 15 is 0 Å². The fourth-order valence-electron chi connectivity index (χ4n) is 3.19. The number of hydrogen-bond acceptors (Lipinski definition) is 2. The van der Waals surface area contributed by atoms with Crippen LogP contribution in [0.3, 0.4) is 0 Å². The molecule has 0 atom stereocenters. The highest BCUT2D eigenvalue weighted by Crippen LogP contribution is 2.33. The average Bonchev–Trinajstić information content (AvgIpc) is 2.90. The van der Waals surface area contributed by atoms with Gasteiger partial charge in [0.05, 0.1) is 12.3 Å². The van der Waals surface area contributed by atoms with E-state index in [0.29, 0.717) is 12.3 Å². The van der Waals surface area contributed by atoms with Crippen molar-refractivity contribution in [2.24, 2.45) is 0 Å². The molecule has 0 saturated carbocycles. The molecular formula is C20H21NO2. The SMILES string of the molecule is CCOc1c(C)cc(-c2cc3c(C)cccn3c2C=O)cc1C. The third-order valence-electron chi connectivity index (χ3n) is 4.23. The van der Waals surface area contributed by atoms with Gasteiger partial charge in [-0.2, -0.15) is 0 Å². The Hall–Kier alpha value is -2.55. The monoisotopic (exact) mass is 307 g/mol. The molecule has 3 aromatic rings. The third-order valence-corrected chi connectivity index (χ3v) is 4.23. The van der Waals surface area contributed by atoms with Crippen LogP contribution in [0.4, 0.5) is 0 Å². The molecular weight excluding hydrogens is 286 g/mol. The maximum absolute atomic E-state index is 11.7. The first-order valence-electron chi connectivity index (χ1n) is 7.87. The van der Waals surface area contributed by atoms with Gasteiger partial charge in [0.2, 0.25) is 0 Å². The number of aldehydes is 1. The summed E-state index contributed by atoms with van der Waals surface area (Å²) in [5.74, 6) is 0.934. The molecule has 0 unspecified atom stereocenters. The normalized spacial score (nSPS) is 11.0. The Morgan fingerprint density at radius 2 is 1.78 bits per heavy atom. The van der Waals surface area contributed by atoms with Gasteiger partial charge in [0.1, 0.15) is 5.75 Å². The molecule has 0 aliphatic carbocycles. The van der Waals surface area contributed by atoms with Gasteiger partial charge in [-0.05, 0) is 74.2 Å². The van der Waals surface area contributed by atoms with Crippen molar-refractivity contribution in [3.63, 3.8) is 0 Å². The molecule has 0 aliphatic rings. The number of hydrogen-bond donors (Lipinski definition) is 0. The second kappa shape index (κ2) is 5.92. The zero-order chi connectivity index (χ0) is 16.6. The molecule has 23 heavy (non-hydrogen) atoms. The summed E-state index contributed by atoms with van der Waals surface area (Å²) in [4.78, 5) is 11.7. The fourth-order valence-corrected chi connectivity index (χ4v) is 3.19. The zero-order valence-corrected chi connectivity index (χ0v) is 14.0. The highest BCUT2D eigenvalue weighted by Gasteiger charge is 2.15. The molecule has 2 heterocycles. The van der Waals surface area contributed by atoms with E-state index in [1.807, 2.05) is 37.4 Å². The lowest BCUT2D eigenvalue weighted by molar-refractivity contribution is 0.111. The van der Waals surface area contributed by atoms with E-state index in [1.54, 1.807) is 0 Å². The standard InChI is InChI=1S/C20H21NO2/c1-5-23-20-14(3)9-16(10-15(20)4)17-11-18-13(2)7-6-8-21(18)19(17)12-22/h6-12H,5H2,1-4H3. The molecule has 0 fully saturated rings. The van der Waals surface area contributed by atoms with Gasteiger partial charge in [-0.25, -0.2) is 0 Å². The van der Waals surface area contributed by atoms with Crippen LogP contribution >= 0.6 is 0 Å². The molecule has 2 aromatic heterocycles. The summed E-state index contributed by atoms with van der Waals surface area (Å²) in [5, 5.41) is 0. The Balaban J connectivity index is 2.25. The number of pyridine rings is 1. The summed E-state index contributed by atoms with van der Waals surface area (Å²) in [6, 6.07) is 10.3. The average molecular weight is 307 g/mol. The molecule has 0 saturated heterocycles. The largest absolute Gasteiger partial charge is 0.493 e. The molecule has 3 heteroatoms. The third kappa shape index (κ3) is 2.52. The Bertz CT molecular complexity index is 867. The van der Waals surface area contributed by atoms with Gasteiger partial charge in [-0.15, -0.1) is 0 Å². The molecule has 3 nitrogen and oxygen atoms in total. The number of benzene rings is 1. The number of fused-ring (bicyclic) bond motifs is 1. The lowest BCUT2D eigenvalue weighted by Crippen LogP contribution is -1.98. The second-order valence-electron chi connectivity index (χ2n) is 5.88. The molecule has 3 rings (SSSR count). The van der Waals surface area contributed by atoms with Gasteiger partial charge in [0.25, 0.3) is 0 Å². The van der Waals surface area contributed by atoms with Crippen molar-refractivity contribution >= 4 is 11.8 Å². The summed E-state index contributed by atoms with van der Waals surface area (Å²) < 4.78 is 7.68. The van der Waals surface area contributed by atoms with Crippen LogP contribution in [0.2, 0.25) is 0 Å². The summed E-state index contributed by atoms with van der Waals surface area (Å²) in [7, 11) is 0. The molecule has 0 aliphatic heterocycles. The fraction of sp³-hybridized carbons (Fsp3) is 0.250. The number of aromatic nitrogens is 1. The highest BCUT2D eigenvalue weighted by molar-refractivity contribution is 5.90.